The van der Waals surface area contributed by atoms with E-state index < -0.39 is 12.1 Å². The molecule has 0 bridgehead atoms. The fourth-order valence-corrected chi connectivity index (χ4v) is 1.22. The van der Waals surface area contributed by atoms with Crippen molar-refractivity contribution >= 4 is 17.6 Å². The number of nitrogens with one attached hydrogen (secondary N) is 2. The molecule has 0 radical (unpaired) electrons. The van der Waals surface area contributed by atoms with Crippen molar-refractivity contribution in [1.29, 1.82) is 0 Å². The minimum Gasteiger partial charge on any atom is -0.392 e. The topological polar surface area (TPSA) is 104 Å². The van der Waals surface area contributed by atoms with Crippen molar-refractivity contribution < 1.29 is 14.7 Å². The Morgan fingerprint density at radius 1 is 1.35 bits per heavy atom. The van der Waals surface area contributed by atoms with Crippen LogP contribution < -0.4 is 16.4 Å². The fourth-order valence-electron chi connectivity index (χ4n) is 1.22. The van der Waals surface area contributed by atoms with Crippen molar-refractivity contribution in [2.24, 2.45) is 5.73 Å². The lowest BCUT2D eigenvalue weighted by Gasteiger charge is -2.12. The van der Waals surface area contributed by atoms with Gasteiger partial charge in [-0.05, 0) is 24.6 Å². The molecule has 1 aromatic carbocycles. The van der Waals surface area contributed by atoms with E-state index >= 15 is 0 Å². The van der Waals surface area contributed by atoms with Crippen LogP contribution in [0.3, 0.4) is 0 Å². The number of urea groups is 1. The summed E-state index contributed by atoms with van der Waals surface area (Å²) in [5.41, 5.74) is 6.25. The zero-order valence-electron chi connectivity index (χ0n) is 9.43. The molecule has 1 unspecified atom stereocenters. The second kappa shape index (κ2) is 5.86. The minimum absolute atomic E-state index is 0.0478. The van der Waals surface area contributed by atoms with Gasteiger partial charge in [0.15, 0.2) is 0 Å². The summed E-state index contributed by atoms with van der Waals surface area (Å²) in [5.74, 6) is -0.361. The van der Waals surface area contributed by atoms with Crippen LogP contribution >= 0.6 is 0 Å². The van der Waals surface area contributed by atoms with Crippen LogP contribution in [0.5, 0.6) is 0 Å². The van der Waals surface area contributed by atoms with E-state index in [1.807, 2.05) is 0 Å². The molecule has 6 heteroatoms. The van der Waals surface area contributed by atoms with E-state index in [2.05, 4.69) is 10.6 Å². The maximum atomic E-state index is 11.6. The van der Waals surface area contributed by atoms with Crippen LogP contribution in [0, 0.1) is 0 Å². The van der Waals surface area contributed by atoms with Gasteiger partial charge in [-0.1, -0.05) is 12.1 Å². The van der Waals surface area contributed by atoms with Crippen LogP contribution in [0.1, 0.15) is 12.5 Å². The highest BCUT2D eigenvalue weighted by Crippen LogP contribution is 2.09. The van der Waals surface area contributed by atoms with Crippen molar-refractivity contribution in [3.8, 4) is 0 Å². The summed E-state index contributed by atoms with van der Waals surface area (Å²) >= 11 is 0. The maximum Gasteiger partial charge on any atom is 0.312 e. The molecule has 0 aliphatic carbocycles. The van der Waals surface area contributed by atoms with E-state index in [0.717, 1.165) is 5.56 Å². The number of anilines is 1. The van der Waals surface area contributed by atoms with Crippen molar-refractivity contribution in [3.05, 3.63) is 29.8 Å². The molecule has 0 aliphatic heterocycles. The Balaban J connectivity index is 2.58. The number of carbonyl (C=O) groups excluding carboxylic acids is 2. The summed E-state index contributed by atoms with van der Waals surface area (Å²) in [7, 11) is 0. The number of nitrogens with two attached hydrogens (primary N) is 1. The van der Waals surface area contributed by atoms with Crippen LogP contribution in [0.2, 0.25) is 0 Å². The highest BCUT2D eigenvalue weighted by molar-refractivity contribution is 5.96. The summed E-state index contributed by atoms with van der Waals surface area (Å²) in [5, 5.41) is 13.7. The third-order valence-electron chi connectivity index (χ3n) is 2.16. The number of hydrogen-bond donors (Lipinski definition) is 4. The van der Waals surface area contributed by atoms with Crippen LogP contribution in [0.25, 0.3) is 0 Å². The molecule has 6 nitrogen and oxygen atoms in total. The van der Waals surface area contributed by atoms with Crippen LogP contribution in [0.4, 0.5) is 10.5 Å². The largest absolute Gasteiger partial charge is 0.392 e. The summed E-state index contributed by atoms with van der Waals surface area (Å²) in [6.07, 6.45) is 0. The van der Waals surface area contributed by atoms with Crippen molar-refractivity contribution in [2.75, 3.05) is 5.32 Å². The first-order chi connectivity index (χ1) is 8.02. The first-order valence-corrected chi connectivity index (χ1v) is 5.09. The highest BCUT2D eigenvalue weighted by atomic mass is 16.3. The summed E-state index contributed by atoms with van der Waals surface area (Å²) in [6.45, 7) is 1.48. The number of aliphatic hydroxyl groups excluding tert-OH is 1. The average Bonchev–Trinajstić information content (AvgIpc) is 2.29. The average molecular weight is 237 g/mol. The number of primary amides is 1. The van der Waals surface area contributed by atoms with Gasteiger partial charge in [0, 0.05) is 5.69 Å². The summed E-state index contributed by atoms with van der Waals surface area (Å²) in [4.78, 5) is 22.1. The number of aliphatic hydroxyl groups is 1. The van der Waals surface area contributed by atoms with E-state index in [0.29, 0.717) is 5.69 Å². The van der Waals surface area contributed by atoms with Gasteiger partial charge < -0.3 is 21.5 Å². The number of hydrogen-bond acceptors (Lipinski definition) is 3. The molecule has 1 aromatic rings. The van der Waals surface area contributed by atoms with Gasteiger partial charge in [0.2, 0.25) is 5.91 Å². The lowest BCUT2D eigenvalue weighted by atomic mass is 10.2. The van der Waals surface area contributed by atoms with E-state index in [1.165, 1.54) is 6.92 Å². The normalized spacial score (nSPS) is 11.6. The fraction of sp³-hybridized carbons (Fsp3) is 0.273. The first-order valence-electron chi connectivity index (χ1n) is 5.09. The van der Waals surface area contributed by atoms with Crippen LogP contribution in [0.15, 0.2) is 24.3 Å². The molecule has 1 atom stereocenters. The Morgan fingerprint density at radius 3 is 2.41 bits per heavy atom. The van der Waals surface area contributed by atoms with E-state index in [-0.39, 0.29) is 12.5 Å². The maximum absolute atomic E-state index is 11.6. The van der Waals surface area contributed by atoms with Gasteiger partial charge in [-0.3, -0.25) is 4.79 Å². The predicted octanol–water partition coefficient (Wildman–Crippen LogP) is 0.174. The molecule has 5 N–H and O–H groups in total. The zero-order chi connectivity index (χ0) is 12.8. The number of amides is 3. The SMILES string of the molecule is CC(NC(N)=O)C(=O)Nc1ccc(CO)cc1. The molecule has 0 fully saturated rings. The van der Waals surface area contributed by atoms with E-state index in [9.17, 15) is 9.59 Å². The van der Waals surface area contributed by atoms with Gasteiger partial charge in [0.25, 0.3) is 0 Å². The zero-order valence-corrected chi connectivity index (χ0v) is 9.43. The van der Waals surface area contributed by atoms with Crippen LogP contribution in [-0.2, 0) is 11.4 Å². The van der Waals surface area contributed by atoms with Gasteiger partial charge >= 0.3 is 6.03 Å². The monoisotopic (exact) mass is 237 g/mol. The summed E-state index contributed by atoms with van der Waals surface area (Å²) < 4.78 is 0. The molecule has 0 saturated carbocycles. The van der Waals surface area contributed by atoms with Gasteiger partial charge in [-0.15, -0.1) is 0 Å². The molecular weight excluding hydrogens is 222 g/mol. The molecule has 17 heavy (non-hydrogen) atoms. The quantitative estimate of drug-likeness (QED) is 0.600. The summed E-state index contributed by atoms with van der Waals surface area (Å²) in [6, 6.07) is 5.28. The predicted molar refractivity (Wildman–Crippen MR) is 63.2 cm³/mol. The number of rotatable bonds is 4. The van der Waals surface area contributed by atoms with E-state index in [4.69, 9.17) is 10.8 Å². The molecule has 0 spiro atoms. The third kappa shape index (κ3) is 4.12. The second-order valence-corrected chi connectivity index (χ2v) is 3.57. The standard InChI is InChI=1S/C11H15N3O3/c1-7(13-11(12)17)10(16)14-9-4-2-8(6-15)3-5-9/h2-5,7,15H,6H2,1H3,(H,14,16)(H3,12,13,17). The lowest BCUT2D eigenvalue weighted by Crippen LogP contribution is -2.44. The Bertz CT molecular complexity index is 403. The highest BCUT2D eigenvalue weighted by Gasteiger charge is 2.13. The van der Waals surface area contributed by atoms with Gasteiger partial charge in [-0.2, -0.15) is 0 Å². The molecule has 0 heterocycles. The van der Waals surface area contributed by atoms with Crippen molar-refractivity contribution in [2.45, 2.75) is 19.6 Å². The molecule has 92 valence electrons. The molecule has 0 aromatic heterocycles. The third-order valence-corrected chi connectivity index (χ3v) is 2.16. The number of carbonyl (C=O) groups is 2. The smallest absolute Gasteiger partial charge is 0.312 e. The first kappa shape index (κ1) is 13.0. The molecular formula is C11H15N3O3. The Hall–Kier alpha value is -2.08. The minimum atomic E-state index is -0.747. The Labute approximate surface area is 98.8 Å². The Morgan fingerprint density at radius 2 is 1.94 bits per heavy atom. The molecule has 0 aliphatic rings. The molecule has 0 saturated heterocycles. The number of benzene rings is 1. The van der Waals surface area contributed by atoms with Crippen molar-refractivity contribution in [1.82, 2.24) is 5.32 Å². The van der Waals surface area contributed by atoms with Crippen molar-refractivity contribution in [3.63, 3.8) is 0 Å². The van der Waals surface area contributed by atoms with Gasteiger partial charge in [0.1, 0.15) is 6.04 Å². The lowest BCUT2D eigenvalue weighted by molar-refractivity contribution is -0.117. The van der Waals surface area contributed by atoms with Gasteiger partial charge in [0.05, 0.1) is 6.61 Å². The van der Waals surface area contributed by atoms with Crippen LogP contribution in [-0.4, -0.2) is 23.1 Å². The second-order valence-electron chi connectivity index (χ2n) is 3.57. The van der Waals surface area contributed by atoms with Gasteiger partial charge in [-0.25, -0.2) is 4.79 Å². The Kier molecular flexibility index (Phi) is 4.47. The molecule has 1 rings (SSSR count). The van der Waals surface area contributed by atoms with E-state index in [1.54, 1.807) is 24.3 Å². The molecule has 3 amide bonds.